The van der Waals surface area contributed by atoms with Crippen molar-refractivity contribution in [2.24, 2.45) is 11.8 Å². The number of hydrogen-bond donors (Lipinski definition) is 2. The van der Waals surface area contributed by atoms with Crippen molar-refractivity contribution in [1.29, 1.82) is 0 Å². The number of allylic oxidation sites excluding steroid dienone is 1. The van der Waals surface area contributed by atoms with Gasteiger partial charge in [-0.15, -0.1) is 0 Å². The number of aryl methyl sites for hydroxylation is 2. The number of nitrogens with one attached hydrogen (secondary N) is 1. The van der Waals surface area contributed by atoms with Gasteiger partial charge >= 0.3 is 0 Å². The van der Waals surface area contributed by atoms with Gasteiger partial charge in [0.25, 0.3) is 0 Å². The Morgan fingerprint density at radius 2 is 1.85 bits per heavy atom. The van der Waals surface area contributed by atoms with E-state index in [0.29, 0.717) is 23.7 Å². The summed E-state index contributed by atoms with van der Waals surface area (Å²) in [7, 11) is 0. The van der Waals surface area contributed by atoms with Crippen LogP contribution in [0.4, 0.5) is 5.82 Å². The van der Waals surface area contributed by atoms with Crippen LogP contribution in [0.25, 0.3) is 16.5 Å². The maximum atomic E-state index is 6.54. The average molecular weight is 460 g/mol. The average Bonchev–Trinajstić information content (AvgIpc) is 3.23. The Bertz CT molecular complexity index is 1140. The van der Waals surface area contributed by atoms with Gasteiger partial charge in [0.1, 0.15) is 12.1 Å². The van der Waals surface area contributed by atoms with Gasteiger partial charge < -0.3 is 15.6 Å². The molecule has 0 radical (unpaired) electrons. The molecule has 3 N–H and O–H groups in total. The molecule has 1 fully saturated rings. The van der Waals surface area contributed by atoms with E-state index in [4.69, 9.17) is 5.73 Å². The van der Waals surface area contributed by atoms with E-state index in [1.165, 1.54) is 48.0 Å². The summed E-state index contributed by atoms with van der Waals surface area (Å²) in [5, 5.41) is 1.23. The van der Waals surface area contributed by atoms with Crippen molar-refractivity contribution in [2.45, 2.75) is 73.3 Å². The predicted octanol–water partition coefficient (Wildman–Crippen LogP) is 6.52. The number of aromatic amines is 1. The van der Waals surface area contributed by atoms with Gasteiger partial charge in [0.15, 0.2) is 0 Å². The van der Waals surface area contributed by atoms with Gasteiger partial charge in [-0.2, -0.15) is 0 Å². The van der Waals surface area contributed by atoms with E-state index < -0.39 is 0 Å². The number of nitrogens with zero attached hydrogens (tertiary/aromatic N) is 3. The number of benzene rings is 1. The van der Waals surface area contributed by atoms with Gasteiger partial charge in [-0.05, 0) is 96.5 Å². The molecule has 3 aromatic rings. The number of aromatic nitrogens is 3. The van der Waals surface area contributed by atoms with Crippen molar-refractivity contribution >= 4 is 22.3 Å². The lowest BCUT2D eigenvalue weighted by Crippen LogP contribution is -2.40. The summed E-state index contributed by atoms with van der Waals surface area (Å²) in [4.78, 5) is 15.3. The van der Waals surface area contributed by atoms with Crippen molar-refractivity contribution in [3.8, 4) is 0 Å². The molecule has 34 heavy (non-hydrogen) atoms. The fraction of sp³-hybridized carbons (Fsp3) is 0.517. The molecule has 0 amide bonds. The van der Waals surface area contributed by atoms with Crippen LogP contribution in [0.2, 0.25) is 0 Å². The summed E-state index contributed by atoms with van der Waals surface area (Å²) >= 11 is 0. The van der Waals surface area contributed by atoms with Gasteiger partial charge in [-0.25, -0.2) is 9.97 Å². The number of nitrogen functional groups attached to an aromatic ring is 1. The largest absolute Gasteiger partial charge is 0.383 e. The Balaban J connectivity index is 1.88. The summed E-state index contributed by atoms with van der Waals surface area (Å²) < 4.78 is 0. The number of H-pyrrole nitrogens is 1. The quantitative estimate of drug-likeness (QED) is 0.422. The number of rotatable bonds is 7. The van der Waals surface area contributed by atoms with E-state index in [2.05, 4.69) is 85.7 Å². The number of fused-ring (bicyclic) bond motifs is 1. The van der Waals surface area contributed by atoms with Crippen molar-refractivity contribution < 1.29 is 0 Å². The molecule has 5 heteroatoms. The minimum absolute atomic E-state index is 0.515. The van der Waals surface area contributed by atoms with Crippen LogP contribution in [0.3, 0.4) is 0 Å². The number of likely N-dealkylation sites (tertiary alicyclic amines) is 1. The molecule has 1 saturated heterocycles. The highest BCUT2D eigenvalue weighted by atomic mass is 15.1. The lowest BCUT2D eigenvalue weighted by molar-refractivity contribution is 0.127. The highest BCUT2D eigenvalue weighted by molar-refractivity contribution is 5.92. The molecule has 3 heterocycles. The lowest BCUT2D eigenvalue weighted by Gasteiger charge is -2.39. The molecule has 1 aromatic carbocycles. The monoisotopic (exact) mass is 459 g/mol. The molecule has 0 spiro atoms. The maximum absolute atomic E-state index is 6.54. The molecule has 1 aliphatic rings. The predicted molar refractivity (Wildman–Crippen MR) is 144 cm³/mol. The SMILES string of the molecule is CCC(=C(c1cc2cc(C)ccc2[nH]1)c1c(C)ncnc1N)C(CC)C1CCN(C(C)C)CC1. The second kappa shape index (κ2) is 10.3. The second-order valence-corrected chi connectivity index (χ2v) is 10.2. The van der Waals surface area contributed by atoms with Crippen LogP contribution in [0.5, 0.6) is 0 Å². The van der Waals surface area contributed by atoms with Gasteiger partial charge in [0.05, 0.1) is 5.69 Å². The van der Waals surface area contributed by atoms with Crippen LogP contribution in [0.15, 0.2) is 36.2 Å². The molecule has 0 aliphatic carbocycles. The first-order valence-corrected chi connectivity index (χ1v) is 13.0. The first-order chi connectivity index (χ1) is 16.3. The number of anilines is 1. The Hall–Kier alpha value is -2.66. The minimum atomic E-state index is 0.515. The zero-order chi connectivity index (χ0) is 24.4. The number of nitrogens with two attached hydrogens (primary N) is 1. The molecule has 1 unspecified atom stereocenters. The zero-order valence-corrected chi connectivity index (χ0v) is 21.8. The third kappa shape index (κ3) is 4.76. The van der Waals surface area contributed by atoms with Gasteiger partial charge in [0, 0.05) is 33.8 Å². The molecule has 1 atom stereocenters. The van der Waals surface area contributed by atoms with Crippen LogP contribution >= 0.6 is 0 Å². The van der Waals surface area contributed by atoms with Crippen molar-refractivity contribution in [3.05, 3.63) is 58.7 Å². The molecule has 2 aromatic heterocycles. The Morgan fingerprint density at radius 3 is 2.47 bits per heavy atom. The summed E-state index contributed by atoms with van der Waals surface area (Å²) in [5.41, 5.74) is 14.7. The summed E-state index contributed by atoms with van der Waals surface area (Å²) in [6.45, 7) is 15.8. The van der Waals surface area contributed by atoms with Gasteiger partial charge in [0.2, 0.25) is 0 Å². The third-order valence-electron chi connectivity index (χ3n) is 7.82. The first kappa shape index (κ1) is 24.5. The van der Waals surface area contributed by atoms with E-state index in [0.717, 1.165) is 35.3 Å². The second-order valence-electron chi connectivity index (χ2n) is 10.2. The number of piperidine rings is 1. The van der Waals surface area contributed by atoms with E-state index in [1.807, 2.05) is 0 Å². The molecule has 182 valence electrons. The van der Waals surface area contributed by atoms with Crippen molar-refractivity contribution in [2.75, 3.05) is 18.8 Å². The molecule has 4 rings (SSSR count). The molecular weight excluding hydrogens is 418 g/mol. The normalized spacial score (nSPS) is 17.4. The summed E-state index contributed by atoms with van der Waals surface area (Å²) in [5.74, 6) is 1.76. The molecule has 0 bridgehead atoms. The summed E-state index contributed by atoms with van der Waals surface area (Å²) in [6, 6.07) is 9.49. The van der Waals surface area contributed by atoms with Crippen LogP contribution in [-0.2, 0) is 0 Å². The fourth-order valence-electron chi connectivity index (χ4n) is 5.98. The fourth-order valence-corrected chi connectivity index (χ4v) is 5.98. The van der Waals surface area contributed by atoms with E-state index in [-0.39, 0.29) is 0 Å². The van der Waals surface area contributed by atoms with Crippen molar-refractivity contribution in [1.82, 2.24) is 19.9 Å². The molecular formula is C29H41N5. The Morgan fingerprint density at radius 1 is 1.12 bits per heavy atom. The van der Waals surface area contributed by atoms with Crippen LogP contribution in [0.1, 0.15) is 75.9 Å². The highest BCUT2D eigenvalue weighted by Crippen LogP contribution is 2.42. The maximum Gasteiger partial charge on any atom is 0.135 e. The Labute approximate surface area is 204 Å². The minimum Gasteiger partial charge on any atom is -0.383 e. The summed E-state index contributed by atoms with van der Waals surface area (Å²) in [6.07, 6.45) is 6.19. The lowest BCUT2D eigenvalue weighted by atomic mass is 9.74. The zero-order valence-electron chi connectivity index (χ0n) is 21.8. The van der Waals surface area contributed by atoms with Crippen LogP contribution in [-0.4, -0.2) is 39.0 Å². The Kier molecular flexibility index (Phi) is 7.42. The van der Waals surface area contributed by atoms with Crippen LogP contribution in [0, 0.1) is 25.7 Å². The van der Waals surface area contributed by atoms with Crippen molar-refractivity contribution in [3.63, 3.8) is 0 Å². The van der Waals surface area contributed by atoms with E-state index >= 15 is 0 Å². The topological polar surface area (TPSA) is 70.8 Å². The molecule has 0 saturated carbocycles. The smallest absolute Gasteiger partial charge is 0.135 e. The standard InChI is InChI=1S/C29H41N5/c1-7-23(21-11-13-34(14-12-21)18(3)4)24(8-2)28(27-20(6)31-17-32-29(27)30)26-16-22-15-19(5)9-10-25(22)33-26/h9-10,15-18,21,23,33H,7-8,11-14H2,1-6H3,(H2,30,31,32). The molecule has 5 nitrogen and oxygen atoms in total. The van der Waals surface area contributed by atoms with E-state index in [1.54, 1.807) is 6.33 Å². The van der Waals surface area contributed by atoms with Gasteiger partial charge in [-0.1, -0.05) is 31.1 Å². The molecule has 1 aliphatic heterocycles. The van der Waals surface area contributed by atoms with E-state index in [9.17, 15) is 0 Å². The highest BCUT2D eigenvalue weighted by Gasteiger charge is 2.31. The van der Waals surface area contributed by atoms with Gasteiger partial charge in [-0.3, -0.25) is 0 Å². The first-order valence-electron chi connectivity index (χ1n) is 13.0. The van der Waals surface area contributed by atoms with Crippen LogP contribution < -0.4 is 5.73 Å². The number of hydrogen-bond acceptors (Lipinski definition) is 4. The third-order valence-corrected chi connectivity index (χ3v) is 7.82.